The van der Waals surface area contributed by atoms with Crippen LogP contribution in [0.1, 0.15) is 46.1 Å². The molecule has 0 spiro atoms. The number of hydrogen-bond donors (Lipinski definition) is 0. The van der Waals surface area contributed by atoms with E-state index in [0.717, 1.165) is 18.2 Å². The van der Waals surface area contributed by atoms with Crippen molar-refractivity contribution in [3.63, 3.8) is 0 Å². The van der Waals surface area contributed by atoms with Crippen LogP contribution in [0.25, 0.3) is 0 Å². The third-order valence-electron chi connectivity index (χ3n) is 4.97. The molecular weight excluding hydrogens is 308 g/mol. The normalized spacial score (nSPS) is 20.2. The molecule has 1 saturated carbocycles. The van der Waals surface area contributed by atoms with Crippen molar-refractivity contribution < 1.29 is 14.1 Å². The Hall–Kier alpha value is -2.15. The summed E-state index contributed by atoms with van der Waals surface area (Å²) in [5, 5.41) is 8.30. The van der Waals surface area contributed by atoms with Crippen LogP contribution in [0.4, 0.5) is 0 Å². The van der Waals surface area contributed by atoms with E-state index >= 15 is 0 Å². The number of rotatable bonds is 5. The number of carbonyl (C=O) groups excluding carboxylic acids is 1. The van der Waals surface area contributed by atoms with E-state index in [0.29, 0.717) is 31.0 Å². The van der Waals surface area contributed by atoms with Crippen LogP contribution >= 0.6 is 0 Å². The molecule has 1 amide bonds. The molecule has 0 aromatic carbocycles. The first-order valence-corrected chi connectivity index (χ1v) is 8.41. The van der Waals surface area contributed by atoms with Gasteiger partial charge in [0.1, 0.15) is 11.3 Å². The number of methoxy groups -OCH3 is 1. The Morgan fingerprint density at radius 3 is 2.92 bits per heavy atom. The second-order valence-corrected chi connectivity index (χ2v) is 6.81. The summed E-state index contributed by atoms with van der Waals surface area (Å²) >= 11 is 0. The van der Waals surface area contributed by atoms with Gasteiger partial charge in [-0.25, -0.2) is 0 Å². The molecule has 1 fully saturated rings. The number of aromatic nitrogens is 3. The first-order valence-electron chi connectivity index (χ1n) is 8.41. The molecule has 1 atom stereocenters. The number of fused-ring (bicyclic) bond motifs is 1. The van der Waals surface area contributed by atoms with Gasteiger partial charge in [0.2, 0.25) is 0 Å². The summed E-state index contributed by atoms with van der Waals surface area (Å²) in [6, 6.07) is 0. The number of carbonyl (C=O) groups is 1. The minimum atomic E-state index is -0.0420. The van der Waals surface area contributed by atoms with E-state index in [9.17, 15) is 4.79 Å². The molecule has 0 bridgehead atoms. The average molecular weight is 330 g/mol. The summed E-state index contributed by atoms with van der Waals surface area (Å²) in [7, 11) is 1.69. The molecule has 2 aromatic rings. The first kappa shape index (κ1) is 15.4. The first-order chi connectivity index (χ1) is 11.7. The van der Waals surface area contributed by atoms with E-state index in [1.54, 1.807) is 14.0 Å². The summed E-state index contributed by atoms with van der Waals surface area (Å²) in [4.78, 5) is 14.7. The highest BCUT2D eigenvalue weighted by molar-refractivity contribution is 5.94. The number of amides is 1. The predicted molar refractivity (Wildman–Crippen MR) is 85.5 cm³/mol. The SMILES string of the molecule is COCC1CN(C(=O)c2cnoc2C)Cc2c1cnn2CC1CC1. The molecule has 1 aliphatic heterocycles. The number of aryl methyl sites for hydroxylation is 1. The van der Waals surface area contributed by atoms with Crippen LogP contribution in [0.2, 0.25) is 0 Å². The van der Waals surface area contributed by atoms with Crippen molar-refractivity contribution in [3.8, 4) is 0 Å². The third kappa shape index (κ3) is 2.73. The van der Waals surface area contributed by atoms with E-state index in [-0.39, 0.29) is 11.8 Å². The van der Waals surface area contributed by atoms with Crippen LogP contribution in [0.5, 0.6) is 0 Å². The van der Waals surface area contributed by atoms with Crippen LogP contribution in [0.15, 0.2) is 16.9 Å². The molecule has 2 aromatic heterocycles. The summed E-state index contributed by atoms with van der Waals surface area (Å²) < 4.78 is 12.5. The smallest absolute Gasteiger partial charge is 0.259 e. The Kier molecular flexibility index (Phi) is 3.88. The standard InChI is InChI=1S/C17H22N4O3/c1-11-14(6-19-24-11)17(22)20-8-13(10-23-2)15-5-18-21(16(15)9-20)7-12-3-4-12/h5-6,12-13H,3-4,7-10H2,1-2H3. The van der Waals surface area contributed by atoms with Crippen molar-refractivity contribution in [2.24, 2.45) is 5.92 Å². The predicted octanol–water partition coefficient (Wildman–Crippen LogP) is 1.98. The molecule has 3 heterocycles. The molecule has 0 saturated heterocycles. The van der Waals surface area contributed by atoms with E-state index in [2.05, 4.69) is 14.9 Å². The zero-order valence-electron chi connectivity index (χ0n) is 14.1. The number of hydrogen-bond acceptors (Lipinski definition) is 5. The Morgan fingerprint density at radius 1 is 1.42 bits per heavy atom. The van der Waals surface area contributed by atoms with Gasteiger partial charge in [-0.2, -0.15) is 5.10 Å². The number of nitrogens with zero attached hydrogens (tertiary/aromatic N) is 4. The van der Waals surface area contributed by atoms with Crippen molar-refractivity contribution in [2.45, 2.75) is 38.8 Å². The maximum Gasteiger partial charge on any atom is 0.259 e. The monoisotopic (exact) mass is 330 g/mol. The molecule has 7 nitrogen and oxygen atoms in total. The maximum atomic E-state index is 12.9. The van der Waals surface area contributed by atoms with Crippen molar-refractivity contribution in [1.29, 1.82) is 0 Å². The van der Waals surface area contributed by atoms with Gasteiger partial charge in [0.25, 0.3) is 5.91 Å². The molecule has 2 aliphatic rings. The van der Waals surface area contributed by atoms with Gasteiger partial charge in [-0.3, -0.25) is 9.48 Å². The lowest BCUT2D eigenvalue weighted by Crippen LogP contribution is -2.40. The third-order valence-corrected chi connectivity index (χ3v) is 4.97. The fourth-order valence-corrected chi connectivity index (χ4v) is 3.42. The fourth-order valence-electron chi connectivity index (χ4n) is 3.42. The minimum absolute atomic E-state index is 0.0420. The van der Waals surface area contributed by atoms with Gasteiger partial charge in [0.05, 0.1) is 31.2 Å². The number of ether oxygens (including phenoxy) is 1. The Balaban J connectivity index is 1.63. The molecule has 128 valence electrons. The molecule has 24 heavy (non-hydrogen) atoms. The molecule has 1 aliphatic carbocycles. The van der Waals surface area contributed by atoms with Gasteiger partial charge in [0.15, 0.2) is 0 Å². The quantitative estimate of drug-likeness (QED) is 0.838. The van der Waals surface area contributed by atoms with Crippen LogP contribution in [-0.2, 0) is 17.8 Å². The van der Waals surface area contributed by atoms with E-state index in [1.807, 2.05) is 11.1 Å². The highest BCUT2D eigenvalue weighted by Crippen LogP contribution is 2.34. The van der Waals surface area contributed by atoms with E-state index < -0.39 is 0 Å². The fraction of sp³-hybridized carbons (Fsp3) is 0.588. The molecule has 7 heteroatoms. The lowest BCUT2D eigenvalue weighted by atomic mass is 9.95. The van der Waals surface area contributed by atoms with Gasteiger partial charge in [-0.1, -0.05) is 5.16 Å². The van der Waals surface area contributed by atoms with Crippen LogP contribution in [0, 0.1) is 12.8 Å². The van der Waals surface area contributed by atoms with Crippen LogP contribution in [0.3, 0.4) is 0 Å². The zero-order valence-corrected chi connectivity index (χ0v) is 14.1. The lowest BCUT2D eigenvalue weighted by molar-refractivity contribution is 0.0672. The lowest BCUT2D eigenvalue weighted by Gasteiger charge is -2.33. The Labute approximate surface area is 140 Å². The second kappa shape index (κ2) is 6.05. The van der Waals surface area contributed by atoms with Gasteiger partial charge in [0, 0.05) is 31.7 Å². The molecule has 0 N–H and O–H groups in total. The zero-order chi connectivity index (χ0) is 16.7. The summed E-state index contributed by atoms with van der Waals surface area (Å²) in [5.74, 6) is 1.40. The highest BCUT2D eigenvalue weighted by Gasteiger charge is 2.34. The van der Waals surface area contributed by atoms with E-state index in [4.69, 9.17) is 9.26 Å². The second-order valence-electron chi connectivity index (χ2n) is 6.81. The summed E-state index contributed by atoms with van der Waals surface area (Å²) in [5.41, 5.74) is 2.88. The molecular formula is C17H22N4O3. The van der Waals surface area contributed by atoms with Gasteiger partial charge < -0.3 is 14.2 Å². The summed E-state index contributed by atoms with van der Waals surface area (Å²) in [6.07, 6.45) is 6.01. The van der Waals surface area contributed by atoms with Crippen molar-refractivity contribution in [3.05, 3.63) is 35.0 Å². The Bertz CT molecular complexity index is 747. The van der Waals surface area contributed by atoms with Crippen molar-refractivity contribution in [2.75, 3.05) is 20.3 Å². The highest BCUT2D eigenvalue weighted by atomic mass is 16.5. The van der Waals surface area contributed by atoms with Crippen molar-refractivity contribution in [1.82, 2.24) is 19.8 Å². The maximum absolute atomic E-state index is 12.9. The van der Waals surface area contributed by atoms with Crippen LogP contribution in [-0.4, -0.2) is 46.0 Å². The average Bonchev–Trinajstić information content (AvgIpc) is 3.14. The molecule has 0 radical (unpaired) electrons. The van der Waals surface area contributed by atoms with Gasteiger partial charge in [-0.15, -0.1) is 0 Å². The largest absolute Gasteiger partial charge is 0.384 e. The van der Waals surface area contributed by atoms with Crippen LogP contribution < -0.4 is 0 Å². The molecule has 4 rings (SSSR count). The van der Waals surface area contributed by atoms with Gasteiger partial charge in [-0.05, 0) is 25.7 Å². The molecule has 1 unspecified atom stereocenters. The van der Waals surface area contributed by atoms with E-state index in [1.165, 1.54) is 24.6 Å². The van der Waals surface area contributed by atoms with Crippen molar-refractivity contribution >= 4 is 5.91 Å². The Morgan fingerprint density at radius 2 is 2.25 bits per heavy atom. The topological polar surface area (TPSA) is 73.4 Å². The minimum Gasteiger partial charge on any atom is -0.384 e. The summed E-state index contributed by atoms with van der Waals surface area (Å²) in [6.45, 7) is 4.49. The van der Waals surface area contributed by atoms with Gasteiger partial charge >= 0.3 is 0 Å².